The zero-order valence-corrected chi connectivity index (χ0v) is 27.1. The fraction of sp³-hybridized carbons (Fsp3) is 0.514. The van der Waals surface area contributed by atoms with Crippen molar-refractivity contribution in [1.29, 1.82) is 0 Å². The molecule has 6 rings (SSSR count). The first-order valence-corrected chi connectivity index (χ1v) is 16.1. The lowest BCUT2D eigenvalue weighted by Gasteiger charge is -2.50. The lowest BCUT2D eigenvalue weighted by atomic mass is 9.94. The minimum absolute atomic E-state index is 0.178. The summed E-state index contributed by atoms with van der Waals surface area (Å²) in [5.41, 5.74) is 1.71. The summed E-state index contributed by atoms with van der Waals surface area (Å²) in [5.74, 6) is 0. The predicted molar refractivity (Wildman–Crippen MR) is 170 cm³/mol. The van der Waals surface area contributed by atoms with Crippen molar-refractivity contribution in [2.24, 2.45) is 0 Å². The minimum Gasteiger partial charge on any atom is -0.376 e. The number of amides is 2. The van der Waals surface area contributed by atoms with Gasteiger partial charge >= 0.3 is 6.03 Å². The SMILES string of the molecule is C=CCO[C@H]1O[C@@H]2COC(c3ccccc3)O[C@@H]2[C@H](OC)[C@H]1NC(=O)N[C@H]1[C@@H](OCC=C)O[C@@H]2COC(c3ccccc3)O[C@@H]2[C@@H]1OC. The normalized spacial score (nSPS) is 36.2. The molecule has 4 aliphatic heterocycles. The van der Waals surface area contributed by atoms with Gasteiger partial charge in [0.2, 0.25) is 0 Å². The zero-order chi connectivity index (χ0) is 33.5. The Morgan fingerprint density at radius 1 is 0.708 bits per heavy atom. The van der Waals surface area contributed by atoms with E-state index in [4.69, 9.17) is 47.4 Å². The van der Waals surface area contributed by atoms with Gasteiger partial charge < -0.3 is 58.0 Å². The maximum absolute atomic E-state index is 13.9. The summed E-state index contributed by atoms with van der Waals surface area (Å²) >= 11 is 0. The van der Waals surface area contributed by atoms with Crippen LogP contribution in [0.1, 0.15) is 23.7 Å². The Morgan fingerprint density at radius 3 is 1.50 bits per heavy atom. The molecule has 2 aromatic rings. The molecule has 2 N–H and O–H groups in total. The van der Waals surface area contributed by atoms with Crippen molar-refractivity contribution in [3.05, 3.63) is 97.1 Å². The average molecular weight is 669 g/mol. The first-order chi connectivity index (χ1) is 23.5. The van der Waals surface area contributed by atoms with Gasteiger partial charge in [-0.25, -0.2) is 4.79 Å². The smallest absolute Gasteiger partial charge is 0.315 e. The van der Waals surface area contributed by atoms with Gasteiger partial charge in [-0.1, -0.05) is 72.8 Å². The standard InChI is InChI=1S/C35H44N2O11/c1-5-17-41-33-25(29(39-3)27-23(45-33)19-43-31(47-27)21-13-9-7-10-14-21)36-35(38)37-26-30(40-4)28-24(46-34(26)42-18-6-2)20-44-32(48-28)22-15-11-8-12-16-22/h5-16,23-34H,1-2,17-20H2,3-4H3,(H2,36,37,38)/t23-,24-,25-,26-,27+,28+,29-,30-,31?,32?,33+,34+/m1/s1. The van der Waals surface area contributed by atoms with Crippen molar-refractivity contribution in [2.75, 3.05) is 40.6 Å². The van der Waals surface area contributed by atoms with E-state index in [-0.39, 0.29) is 26.4 Å². The Hall–Kier alpha value is -3.21. The molecular weight excluding hydrogens is 624 g/mol. The highest BCUT2D eigenvalue weighted by Crippen LogP contribution is 2.37. The maximum atomic E-state index is 13.9. The molecule has 0 bridgehead atoms. The Morgan fingerprint density at radius 2 is 1.12 bits per heavy atom. The largest absolute Gasteiger partial charge is 0.376 e. The van der Waals surface area contributed by atoms with Gasteiger partial charge in [0.25, 0.3) is 0 Å². The van der Waals surface area contributed by atoms with E-state index in [0.717, 1.165) is 11.1 Å². The number of ether oxygens (including phenoxy) is 10. The molecule has 13 heteroatoms. The lowest BCUT2D eigenvalue weighted by Crippen LogP contribution is -2.71. The topological polar surface area (TPSA) is 133 Å². The summed E-state index contributed by atoms with van der Waals surface area (Å²) in [7, 11) is 3.11. The molecule has 0 radical (unpaired) electrons. The highest BCUT2D eigenvalue weighted by atomic mass is 16.8. The summed E-state index contributed by atoms with van der Waals surface area (Å²) < 4.78 is 61.2. The zero-order valence-electron chi connectivity index (χ0n) is 27.1. The van der Waals surface area contributed by atoms with E-state index < -0.39 is 79.9 Å². The summed E-state index contributed by atoms with van der Waals surface area (Å²) in [4.78, 5) is 13.9. The van der Waals surface area contributed by atoms with Crippen LogP contribution in [0.25, 0.3) is 0 Å². The third-order valence-corrected chi connectivity index (χ3v) is 8.72. The molecule has 4 saturated heterocycles. The number of carbonyl (C=O) groups is 1. The van der Waals surface area contributed by atoms with Crippen molar-refractivity contribution in [1.82, 2.24) is 10.6 Å². The van der Waals surface area contributed by atoms with Gasteiger partial charge in [0, 0.05) is 25.3 Å². The molecule has 2 aromatic carbocycles. The Labute approximate surface area is 280 Å². The van der Waals surface area contributed by atoms with Crippen LogP contribution in [0.2, 0.25) is 0 Å². The third kappa shape index (κ3) is 7.66. The number of benzene rings is 2. The Balaban J connectivity index is 1.20. The van der Waals surface area contributed by atoms with Crippen LogP contribution in [0.15, 0.2) is 86.0 Å². The van der Waals surface area contributed by atoms with Gasteiger partial charge in [-0.3, -0.25) is 0 Å². The van der Waals surface area contributed by atoms with Crippen LogP contribution in [0, 0.1) is 0 Å². The molecule has 48 heavy (non-hydrogen) atoms. The first-order valence-electron chi connectivity index (χ1n) is 16.1. The number of nitrogens with one attached hydrogen (secondary N) is 2. The van der Waals surface area contributed by atoms with E-state index >= 15 is 0 Å². The van der Waals surface area contributed by atoms with Crippen molar-refractivity contribution < 1.29 is 52.2 Å². The summed E-state index contributed by atoms with van der Waals surface area (Å²) in [6, 6.07) is 17.0. The van der Waals surface area contributed by atoms with Gasteiger partial charge in [-0.2, -0.15) is 0 Å². The Bertz CT molecular complexity index is 1240. The van der Waals surface area contributed by atoms with E-state index in [0.29, 0.717) is 0 Å². The molecule has 260 valence electrons. The van der Waals surface area contributed by atoms with Gasteiger partial charge in [0.05, 0.1) is 26.4 Å². The first kappa shape index (κ1) is 34.6. The molecule has 0 saturated carbocycles. The fourth-order valence-electron chi connectivity index (χ4n) is 6.52. The van der Waals surface area contributed by atoms with Crippen molar-refractivity contribution >= 4 is 6.03 Å². The lowest BCUT2D eigenvalue weighted by molar-refractivity contribution is -0.346. The maximum Gasteiger partial charge on any atom is 0.315 e. The van der Waals surface area contributed by atoms with Crippen LogP contribution in [-0.4, -0.2) is 108 Å². The molecule has 4 aliphatic rings. The van der Waals surface area contributed by atoms with Crippen LogP contribution >= 0.6 is 0 Å². The van der Waals surface area contributed by atoms with E-state index in [9.17, 15) is 4.79 Å². The molecule has 12 atom stereocenters. The molecule has 4 heterocycles. The van der Waals surface area contributed by atoms with Crippen LogP contribution in [0.3, 0.4) is 0 Å². The predicted octanol–water partition coefficient (Wildman–Crippen LogP) is 3.14. The number of hydrogen-bond acceptors (Lipinski definition) is 11. The van der Waals surface area contributed by atoms with Crippen LogP contribution in [0.5, 0.6) is 0 Å². The van der Waals surface area contributed by atoms with Gasteiger partial charge in [-0.15, -0.1) is 13.2 Å². The number of carbonyl (C=O) groups excluding carboxylic acids is 1. The number of methoxy groups -OCH3 is 2. The van der Waals surface area contributed by atoms with Gasteiger partial charge in [0.15, 0.2) is 25.2 Å². The number of rotatable bonds is 12. The Kier molecular flexibility index (Phi) is 11.9. The molecule has 0 aromatic heterocycles. The van der Waals surface area contributed by atoms with Crippen molar-refractivity contribution in [3.8, 4) is 0 Å². The quantitative estimate of drug-likeness (QED) is 0.323. The summed E-state index contributed by atoms with van der Waals surface area (Å²) in [5, 5.41) is 6.02. The second-order valence-corrected chi connectivity index (χ2v) is 11.8. The molecule has 0 spiro atoms. The molecular formula is C35H44N2O11. The van der Waals surface area contributed by atoms with Crippen LogP contribution in [0.4, 0.5) is 4.79 Å². The van der Waals surface area contributed by atoms with Crippen molar-refractivity contribution in [2.45, 2.75) is 73.9 Å². The van der Waals surface area contributed by atoms with E-state index in [1.54, 1.807) is 26.4 Å². The third-order valence-electron chi connectivity index (χ3n) is 8.72. The summed E-state index contributed by atoms with van der Waals surface area (Å²) in [6.45, 7) is 8.34. The fourth-order valence-corrected chi connectivity index (χ4v) is 6.52. The summed E-state index contributed by atoms with van der Waals surface area (Å²) in [6.07, 6.45) is -3.37. The van der Waals surface area contributed by atoms with Crippen LogP contribution in [-0.2, 0) is 47.4 Å². The second kappa shape index (κ2) is 16.5. The number of urea groups is 1. The highest BCUT2D eigenvalue weighted by Gasteiger charge is 2.54. The van der Waals surface area contributed by atoms with Gasteiger partial charge in [-0.05, 0) is 0 Å². The average Bonchev–Trinajstić information content (AvgIpc) is 3.13. The molecule has 13 nitrogen and oxygen atoms in total. The molecule has 2 unspecified atom stereocenters. The van der Waals surface area contributed by atoms with Crippen LogP contribution < -0.4 is 10.6 Å². The number of hydrogen-bond donors (Lipinski definition) is 2. The molecule has 4 fully saturated rings. The highest BCUT2D eigenvalue weighted by molar-refractivity contribution is 5.75. The van der Waals surface area contributed by atoms with E-state index in [2.05, 4.69) is 23.8 Å². The van der Waals surface area contributed by atoms with Crippen molar-refractivity contribution in [3.63, 3.8) is 0 Å². The van der Waals surface area contributed by atoms with Gasteiger partial charge in [0.1, 0.15) is 48.7 Å². The van der Waals surface area contributed by atoms with E-state index in [1.807, 2.05) is 60.7 Å². The molecule has 0 aliphatic carbocycles. The van der Waals surface area contributed by atoms with E-state index in [1.165, 1.54) is 0 Å². The monoisotopic (exact) mass is 668 g/mol. The molecule has 2 amide bonds. The number of fused-ring (bicyclic) bond motifs is 2. The second-order valence-electron chi connectivity index (χ2n) is 11.8. The minimum atomic E-state index is -0.899.